The van der Waals surface area contributed by atoms with Crippen LogP contribution in [0.25, 0.3) is 0 Å². The van der Waals surface area contributed by atoms with Crippen LogP contribution in [-0.2, 0) is 0 Å². The fourth-order valence-corrected chi connectivity index (χ4v) is 3.25. The normalized spacial score (nSPS) is 16.8. The highest BCUT2D eigenvalue weighted by Crippen LogP contribution is 2.40. The van der Waals surface area contributed by atoms with E-state index in [0.717, 1.165) is 21.3 Å². The van der Waals surface area contributed by atoms with Crippen LogP contribution >= 0.6 is 15.9 Å². The van der Waals surface area contributed by atoms with Crippen molar-refractivity contribution in [2.45, 2.75) is 5.92 Å². The Bertz CT molecular complexity index is 1040. The lowest BCUT2D eigenvalue weighted by Crippen LogP contribution is -2.16. The van der Waals surface area contributed by atoms with Crippen LogP contribution in [0.2, 0.25) is 0 Å². The number of nitrogens with two attached hydrogens (primary N) is 1. The van der Waals surface area contributed by atoms with Gasteiger partial charge in [-0.1, -0.05) is 88.7 Å². The molecule has 0 aliphatic heterocycles. The standard InChI is InChI=1S/C23H18BrN3/c24-19-13-7-12-18(14-19)22(25)27-23(17-10-5-2-6-11-17)26-21-15-20(21)16-8-3-1-4-9-16/h1-15,20H,(H2,25,26,27). The molecule has 1 aliphatic carbocycles. The Balaban J connectivity index is 1.67. The Morgan fingerprint density at radius 1 is 0.815 bits per heavy atom. The molecule has 132 valence electrons. The SMILES string of the molecule is NC(=NC(=NC1=CC1c1ccccc1)c1ccccc1)c1cccc(Br)c1. The van der Waals surface area contributed by atoms with Crippen molar-refractivity contribution in [3.05, 3.63) is 118 Å². The first-order chi connectivity index (χ1) is 13.2. The van der Waals surface area contributed by atoms with E-state index in [2.05, 4.69) is 39.1 Å². The Morgan fingerprint density at radius 2 is 1.48 bits per heavy atom. The molecule has 4 heteroatoms. The van der Waals surface area contributed by atoms with E-state index in [4.69, 9.17) is 10.7 Å². The van der Waals surface area contributed by atoms with Crippen LogP contribution in [0.15, 0.2) is 111 Å². The molecular formula is C23H18BrN3. The molecule has 3 aromatic carbocycles. The molecular weight excluding hydrogens is 398 g/mol. The summed E-state index contributed by atoms with van der Waals surface area (Å²) in [5.41, 5.74) is 10.3. The van der Waals surface area contributed by atoms with Crippen LogP contribution in [0.1, 0.15) is 22.6 Å². The van der Waals surface area contributed by atoms with Gasteiger partial charge in [0, 0.05) is 21.5 Å². The molecule has 4 rings (SSSR count). The van der Waals surface area contributed by atoms with Crippen molar-refractivity contribution >= 4 is 27.6 Å². The van der Waals surface area contributed by atoms with Crippen molar-refractivity contribution in [3.63, 3.8) is 0 Å². The van der Waals surface area contributed by atoms with Gasteiger partial charge in [0.15, 0.2) is 5.84 Å². The fourth-order valence-electron chi connectivity index (χ4n) is 2.85. The topological polar surface area (TPSA) is 50.7 Å². The number of halogens is 1. The molecule has 2 N–H and O–H groups in total. The molecule has 27 heavy (non-hydrogen) atoms. The average Bonchev–Trinajstić information content (AvgIpc) is 3.48. The maximum Gasteiger partial charge on any atom is 0.161 e. The van der Waals surface area contributed by atoms with Crippen LogP contribution in [0.4, 0.5) is 0 Å². The molecule has 3 aromatic rings. The second-order valence-electron chi connectivity index (χ2n) is 6.29. The van der Waals surface area contributed by atoms with E-state index in [1.165, 1.54) is 5.56 Å². The van der Waals surface area contributed by atoms with Gasteiger partial charge in [0.1, 0.15) is 5.84 Å². The first kappa shape index (κ1) is 17.4. The van der Waals surface area contributed by atoms with Crippen molar-refractivity contribution in [2.24, 2.45) is 15.7 Å². The highest BCUT2D eigenvalue weighted by molar-refractivity contribution is 9.10. The minimum Gasteiger partial charge on any atom is -0.383 e. The van der Waals surface area contributed by atoms with E-state index in [9.17, 15) is 0 Å². The minimum absolute atomic E-state index is 0.257. The molecule has 0 bridgehead atoms. The molecule has 1 unspecified atom stereocenters. The predicted octanol–water partition coefficient (Wildman–Crippen LogP) is 5.28. The number of aliphatic imine (C=N–C) groups is 2. The highest BCUT2D eigenvalue weighted by Gasteiger charge is 2.26. The van der Waals surface area contributed by atoms with Gasteiger partial charge in [-0.2, -0.15) is 0 Å². The number of rotatable bonds is 4. The Labute approximate surface area is 167 Å². The van der Waals surface area contributed by atoms with Crippen molar-refractivity contribution in [3.8, 4) is 0 Å². The number of hydrogen-bond acceptors (Lipinski definition) is 1. The largest absolute Gasteiger partial charge is 0.383 e. The molecule has 3 nitrogen and oxygen atoms in total. The Morgan fingerprint density at radius 3 is 2.19 bits per heavy atom. The van der Waals surface area contributed by atoms with Crippen LogP contribution < -0.4 is 5.73 Å². The Kier molecular flexibility index (Phi) is 4.99. The first-order valence-electron chi connectivity index (χ1n) is 8.71. The van der Waals surface area contributed by atoms with Crippen molar-refractivity contribution < 1.29 is 0 Å². The van der Waals surface area contributed by atoms with Gasteiger partial charge in [0.2, 0.25) is 0 Å². The summed E-state index contributed by atoms with van der Waals surface area (Å²) in [6, 6.07) is 28.1. The number of hydrogen-bond donors (Lipinski definition) is 1. The Hall–Kier alpha value is -2.98. The van der Waals surface area contributed by atoms with E-state index < -0.39 is 0 Å². The number of nitrogens with zero attached hydrogens (tertiary/aromatic N) is 2. The van der Waals surface area contributed by atoms with Crippen LogP contribution in [-0.4, -0.2) is 11.7 Å². The number of benzene rings is 3. The molecule has 0 spiro atoms. The summed E-state index contributed by atoms with van der Waals surface area (Å²) in [5.74, 6) is 1.32. The summed E-state index contributed by atoms with van der Waals surface area (Å²) in [4.78, 5) is 9.45. The maximum absolute atomic E-state index is 6.27. The lowest BCUT2D eigenvalue weighted by Gasteiger charge is -2.05. The number of amidine groups is 2. The third kappa shape index (κ3) is 4.23. The van der Waals surface area contributed by atoms with Gasteiger partial charge in [-0.3, -0.25) is 0 Å². The van der Waals surface area contributed by atoms with E-state index in [1.54, 1.807) is 0 Å². The zero-order valence-corrected chi connectivity index (χ0v) is 16.2. The molecule has 0 fully saturated rings. The van der Waals surface area contributed by atoms with Crippen LogP contribution in [0, 0.1) is 0 Å². The second-order valence-corrected chi connectivity index (χ2v) is 7.20. The third-order valence-electron chi connectivity index (χ3n) is 4.32. The van der Waals surface area contributed by atoms with Crippen LogP contribution in [0.5, 0.6) is 0 Å². The summed E-state index contributed by atoms with van der Waals surface area (Å²) in [6.07, 6.45) is 2.14. The minimum atomic E-state index is 0.257. The molecule has 0 amide bonds. The quantitative estimate of drug-likeness (QED) is 0.457. The molecule has 0 saturated heterocycles. The molecule has 0 aromatic heterocycles. The summed E-state index contributed by atoms with van der Waals surface area (Å²) >= 11 is 3.48. The monoisotopic (exact) mass is 415 g/mol. The molecule has 1 atom stereocenters. The average molecular weight is 416 g/mol. The zero-order chi connectivity index (χ0) is 18.6. The summed E-state index contributed by atoms with van der Waals surface area (Å²) < 4.78 is 0.963. The molecule has 0 saturated carbocycles. The zero-order valence-electron chi connectivity index (χ0n) is 14.6. The van der Waals surface area contributed by atoms with E-state index in [0.29, 0.717) is 11.7 Å². The third-order valence-corrected chi connectivity index (χ3v) is 4.81. The highest BCUT2D eigenvalue weighted by atomic mass is 79.9. The smallest absolute Gasteiger partial charge is 0.161 e. The summed E-state index contributed by atoms with van der Waals surface area (Å²) in [7, 11) is 0. The lowest BCUT2D eigenvalue weighted by molar-refractivity contribution is 1.14. The van der Waals surface area contributed by atoms with Crippen LogP contribution in [0.3, 0.4) is 0 Å². The van der Waals surface area contributed by atoms with Gasteiger partial charge in [-0.05, 0) is 23.8 Å². The predicted molar refractivity (Wildman–Crippen MR) is 115 cm³/mol. The summed E-state index contributed by atoms with van der Waals surface area (Å²) in [6.45, 7) is 0. The van der Waals surface area contributed by atoms with Gasteiger partial charge in [0.25, 0.3) is 0 Å². The van der Waals surface area contributed by atoms with E-state index in [-0.39, 0.29) is 5.92 Å². The van der Waals surface area contributed by atoms with E-state index >= 15 is 0 Å². The lowest BCUT2D eigenvalue weighted by atomic mass is 10.1. The molecule has 0 radical (unpaired) electrons. The molecule has 1 aliphatic rings. The number of allylic oxidation sites excluding steroid dienone is 2. The summed E-state index contributed by atoms with van der Waals surface area (Å²) in [5, 5.41) is 0. The van der Waals surface area contributed by atoms with Crippen molar-refractivity contribution in [2.75, 3.05) is 0 Å². The van der Waals surface area contributed by atoms with E-state index in [1.807, 2.05) is 72.8 Å². The maximum atomic E-state index is 6.27. The van der Waals surface area contributed by atoms with Gasteiger partial charge < -0.3 is 5.73 Å². The van der Waals surface area contributed by atoms with Gasteiger partial charge in [-0.25, -0.2) is 9.98 Å². The first-order valence-corrected chi connectivity index (χ1v) is 9.51. The molecule has 0 heterocycles. The van der Waals surface area contributed by atoms with Crippen molar-refractivity contribution in [1.29, 1.82) is 0 Å². The second kappa shape index (κ2) is 7.72. The van der Waals surface area contributed by atoms with Gasteiger partial charge >= 0.3 is 0 Å². The fraction of sp³-hybridized carbons (Fsp3) is 0.0435. The van der Waals surface area contributed by atoms with Gasteiger partial charge in [0.05, 0.1) is 5.70 Å². The van der Waals surface area contributed by atoms with Crippen molar-refractivity contribution in [1.82, 2.24) is 0 Å². The van der Waals surface area contributed by atoms with Gasteiger partial charge in [-0.15, -0.1) is 0 Å².